The molecule has 142 valence electrons. The van der Waals surface area contributed by atoms with E-state index in [1.165, 1.54) is 54.7 Å². The smallest absolute Gasteiger partial charge is 0.282 e. The van der Waals surface area contributed by atoms with E-state index in [1.54, 1.807) is 13.0 Å². The van der Waals surface area contributed by atoms with Crippen LogP contribution in [0.3, 0.4) is 0 Å². The van der Waals surface area contributed by atoms with Crippen molar-refractivity contribution in [2.45, 2.75) is 17.0 Å². The van der Waals surface area contributed by atoms with Crippen molar-refractivity contribution in [2.75, 3.05) is 5.32 Å². The Hall–Kier alpha value is -3.66. The summed E-state index contributed by atoms with van der Waals surface area (Å²) in [5, 5.41) is 13.2. The molecule has 9 nitrogen and oxygen atoms in total. The van der Waals surface area contributed by atoms with E-state index in [2.05, 4.69) is 15.3 Å². The normalized spacial score (nSPS) is 11.0. The summed E-state index contributed by atoms with van der Waals surface area (Å²) in [6, 6.07) is 12.5. The highest BCUT2D eigenvalue weighted by atomic mass is 32.2. The summed E-state index contributed by atoms with van der Waals surface area (Å²) in [5.74, 6) is -0.676. The molecule has 2 aromatic carbocycles. The molecule has 3 rings (SSSR count). The van der Waals surface area contributed by atoms with Gasteiger partial charge in [0.05, 0.1) is 9.82 Å². The Kier molecular flexibility index (Phi) is 5.14. The van der Waals surface area contributed by atoms with Gasteiger partial charge in [-0.1, -0.05) is 12.1 Å². The van der Waals surface area contributed by atoms with E-state index in [0.717, 1.165) is 0 Å². The Morgan fingerprint density at radius 3 is 2.39 bits per heavy atom. The first kappa shape index (κ1) is 19.1. The molecule has 1 aromatic heterocycles. The molecule has 0 saturated carbocycles. The van der Waals surface area contributed by atoms with E-state index < -0.39 is 20.7 Å². The molecule has 1 amide bonds. The number of hydrogen-bond acceptors (Lipinski definition) is 7. The largest absolute Gasteiger partial charge is 0.322 e. The van der Waals surface area contributed by atoms with Crippen LogP contribution in [0.15, 0.2) is 70.8 Å². The van der Waals surface area contributed by atoms with Gasteiger partial charge < -0.3 is 5.32 Å². The van der Waals surface area contributed by atoms with Crippen molar-refractivity contribution in [3.05, 3.63) is 82.2 Å². The van der Waals surface area contributed by atoms with Crippen LogP contribution < -0.4 is 5.32 Å². The second kappa shape index (κ2) is 7.53. The monoisotopic (exact) mass is 398 g/mol. The minimum absolute atomic E-state index is 0.0400. The summed E-state index contributed by atoms with van der Waals surface area (Å²) >= 11 is 0. The molecule has 0 spiro atoms. The molecule has 0 aliphatic carbocycles. The molecule has 3 aromatic rings. The average molecular weight is 398 g/mol. The first-order chi connectivity index (χ1) is 13.3. The van der Waals surface area contributed by atoms with Crippen LogP contribution in [0.1, 0.15) is 16.1 Å². The number of anilines is 1. The molecule has 28 heavy (non-hydrogen) atoms. The Labute approximate surface area is 160 Å². The molecule has 0 saturated heterocycles. The predicted octanol–water partition coefficient (Wildman–Crippen LogP) is 2.78. The standard InChI is InChI=1S/C18H14N4O5S/c1-12-10-11-19-18(20-12)28(26,27)14-8-6-13(7-9-14)21-17(23)15-4-2-3-5-16(15)22(24)25/h2-11H,1H3,(H,21,23). The molecule has 0 unspecified atom stereocenters. The number of rotatable bonds is 5. The van der Waals surface area contributed by atoms with Gasteiger partial charge in [-0.2, -0.15) is 0 Å². The highest BCUT2D eigenvalue weighted by Crippen LogP contribution is 2.22. The third-order valence-corrected chi connectivity index (χ3v) is 5.35. The molecule has 0 atom stereocenters. The van der Waals surface area contributed by atoms with Gasteiger partial charge in [0.25, 0.3) is 16.8 Å². The summed E-state index contributed by atoms with van der Waals surface area (Å²) in [6.07, 6.45) is 1.36. The van der Waals surface area contributed by atoms with Gasteiger partial charge in [0.15, 0.2) is 0 Å². The lowest BCUT2D eigenvalue weighted by Gasteiger charge is -2.07. The Balaban J connectivity index is 1.84. The zero-order valence-electron chi connectivity index (χ0n) is 14.6. The van der Waals surface area contributed by atoms with Gasteiger partial charge in [-0.05, 0) is 43.3 Å². The topological polar surface area (TPSA) is 132 Å². The van der Waals surface area contributed by atoms with Gasteiger partial charge in [0, 0.05) is 23.6 Å². The van der Waals surface area contributed by atoms with Crippen LogP contribution in [0.5, 0.6) is 0 Å². The maximum Gasteiger partial charge on any atom is 0.282 e. The number of nitro groups is 1. The van der Waals surface area contributed by atoms with Crippen LogP contribution in [0.4, 0.5) is 11.4 Å². The van der Waals surface area contributed by atoms with Gasteiger partial charge in [-0.25, -0.2) is 18.4 Å². The number of sulfone groups is 1. The van der Waals surface area contributed by atoms with Gasteiger partial charge >= 0.3 is 0 Å². The summed E-state index contributed by atoms with van der Waals surface area (Å²) in [4.78, 5) is 30.4. The first-order valence-corrected chi connectivity index (χ1v) is 9.47. The van der Waals surface area contributed by atoms with Crippen molar-refractivity contribution < 1.29 is 18.1 Å². The third-order valence-electron chi connectivity index (χ3n) is 3.78. The minimum Gasteiger partial charge on any atom is -0.322 e. The van der Waals surface area contributed by atoms with E-state index in [0.29, 0.717) is 5.69 Å². The van der Waals surface area contributed by atoms with Crippen LogP contribution in [-0.2, 0) is 9.84 Å². The second-order valence-electron chi connectivity index (χ2n) is 5.74. The maximum absolute atomic E-state index is 12.6. The minimum atomic E-state index is -3.90. The Bertz CT molecular complexity index is 1160. The Morgan fingerprint density at radius 1 is 1.07 bits per heavy atom. The van der Waals surface area contributed by atoms with Crippen LogP contribution in [0.2, 0.25) is 0 Å². The fourth-order valence-corrected chi connectivity index (χ4v) is 3.57. The van der Waals surface area contributed by atoms with E-state index in [1.807, 2.05) is 0 Å². The third kappa shape index (κ3) is 3.86. The summed E-state index contributed by atoms with van der Waals surface area (Å²) in [7, 11) is -3.90. The number of para-hydroxylation sites is 1. The zero-order valence-corrected chi connectivity index (χ0v) is 15.4. The number of hydrogen-bond donors (Lipinski definition) is 1. The van der Waals surface area contributed by atoms with Gasteiger partial charge in [-0.3, -0.25) is 14.9 Å². The van der Waals surface area contributed by atoms with E-state index in [9.17, 15) is 23.3 Å². The molecule has 0 aliphatic rings. The number of aromatic nitrogens is 2. The molecular formula is C18H14N4O5S. The van der Waals surface area contributed by atoms with Crippen molar-refractivity contribution in [3.8, 4) is 0 Å². The average Bonchev–Trinajstić information content (AvgIpc) is 2.68. The SMILES string of the molecule is Cc1ccnc(S(=O)(=O)c2ccc(NC(=O)c3ccccc3[N+](=O)[O-])cc2)n1. The van der Waals surface area contributed by atoms with Gasteiger partial charge in [0.1, 0.15) is 5.56 Å². The van der Waals surface area contributed by atoms with Crippen LogP contribution >= 0.6 is 0 Å². The molecule has 10 heteroatoms. The van der Waals surface area contributed by atoms with E-state index >= 15 is 0 Å². The summed E-state index contributed by atoms with van der Waals surface area (Å²) in [5.41, 5.74) is 0.377. The number of benzene rings is 2. The number of amides is 1. The molecule has 1 heterocycles. The van der Waals surface area contributed by atoms with Crippen LogP contribution in [0.25, 0.3) is 0 Å². The highest BCUT2D eigenvalue weighted by molar-refractivity contribution is 7.91. The van der Waals surface area contributed by atoms with Crippen molar-refractivity contribution in [1.82, 2.24) is 9.97 Å². The zero-order chi connectivity index (χ0) is 20.3. The number of nitrogens with zero attached hydrogens (tertiary/aromatic N) is 3. The van der Waals surface area contributed by atoms with Crippen molar-refractivity contribution >= 4 is 27.1 Å². The molecule has 1 N–H and O–H groups in total. The predicted molar refractivity (Wildman–Crippen MR) is 99.7 cm³/mol. The van der Waals surface area contributed by atoms with Crippen LogP contribution in [0, 0.1) is 17.0 Å². The summed E-state index contributed by atoms with van der Waals surface area (Å²) in [6.45, 7) is 1.65. The maximum atomic E-state index is 12.6. The van der Waals surface area contributed by atoms with Gasteiger partial charge in [0.2, 0.25) is 9.84 Å². The lowest BCUT2D eigenvalue weighted by Crippen LogP contribution is -2.14. The second-order valence-corrected chi connectivity index (χ2v) is 7.58. The number of nitro benzene ring substituents is 1. The van der Waals surface area contributed by atoms with Crippen molar-refractivity contribution in [1.29, 1.82) is 0 Å². The molecule has 0 fully saturated rings. The van der Waals surface area contributed by atoms with Crippen molar-refractivity contribution in [3.63, 3.8) is 0 Å². The highest BCUT2D eigenvalue weighted by Gasteiger charge is 2.22. The lowest BCUT2D eigenvalue weighted by molar-refractivity contribution is -0.385. The lowest BCUT2D eigenvalue weighted by atomic mass is 10.1. The van der Waals surface area contributed by atoms with Gasteiger partial charge in [-0.15, -0.1) is 0 Å². The number of carbonyl (C=O) groups excluding carboxylic acids is 1. The summed E-state index contributed by atoms with van der Waals surface area (Å²) < 4.78 is 25.1. The molecular weight excluding hydrogens is 384 g/mol. The number of carbonyl (C=O) groups is 1. The van der Waals surface area contributed by atoms with E-state index in [4.69, 9.17) is 0 Å². The quantitative estimate of drug-likeness (QED) is 0.397. The first-order valence-electron chi connectivity index (χ1n) is 7.98. The number of aryl methyl sites for hydroxylation is 1. The number of nitrogens with one attached hydrogen (secondary N) is 1. The van der Waals surface area contributed by atoms with E-state index in [-0.39, 0.29) is 27.0 Å². The fourth-order valence-electron chi connectivity index (χ4n) is 2.40. The Morgan fingerprint density at radius 2 is 1.75 bits per heavy atom. The van der Waals surface area contributed by atoms with Crippen LogP contribution in [-0.4, -0.2) is 29.2 Å². The molecule has 0 aliphatic heterocycles. The molecule has 0 radical (unpaired) electrons. The molecule has 0 bridgehead atoms. The fraction of sp³-hybridized carbons (Fsp3) is 0.0556. The van der Waals surface area contributed by atoms with Crippen molar-refractivity contribution in [2.24, 2.45) is 0 Å².